The van der Waals surface area contributed by atoms with Crippen LogP contribution in [0.1, 0.15) is 42.6 Å². The molecule has 0 radical (unpaired) electrons. The fraction of sp³-hybridized carbons (Fsp3) is 0.550. The van der Waals surface area contributed by atoms with E-state index >= 15 is 0 Å². The number of hydrogen-bond acceptors (Lipinski definition) is 4. The highest BCUT2D eigenvalue weighted by Crippen LogP contribution is 2.29. The molecule has 1 amide bonds. The zero-order valence-electron chi connectivity index (χ0n) is 15.1. The number of rotatable bonds is 7. The van der Waals surface area contributed by atoms with Crippen molar-refractivity contribution in [2.24, 2.45) is 5.92 Å². The molecule has 1 aliphatic heterocycles. The Labute approximate surface area is 154 Å². The summed E-state index contributed by atoms with van der Waals surface area (Å²) in [5.74, 6) is 0.939. The van der Waals surface area contributed by atoms with Crippen LogP contribution in [-0.2, 0) is 35.6 Å². The summed E-state index contributed by atoms with van der Waals surface area (Å²) < 4.78 is 7.74. The van der Waals surface area contributed by atoms with Crippen LogP contribution < -0.4 is 0 Å². The van der Waals surface area contributed by atoms with Crippen LogP contribution in [0.25, 0.3) is 0 Å². The van der Waals surface area contributed by atoms with Crippen molar-refractivity contribution in [1.29, 1.82) is 0 Å². The Morgan fingerprint density at radius 1 is 1.19 bits per heavy atom. The average Bonchev–Trinajstić information content (AvgIpc) is 3.45. The Hall–Kier alpha value is -2.21. The molecule has 0 spiro atoms. The van der Waals surface area contributed by atoms with Gasteiger partial charge < -0.3 is 9.64 Å². The predicted octanol–water partition coefficient (Wildman–Crippen LogP) is 2.57. The average molecular weight is 354 g/mol. The first-order valence-electron chi connectivity index (χ1n) is 9.60. The highest BCUT2D eigenvalue weighted by atomic mass is 16.5. The van der Waals surface area contributed by atoms with Crippen LogP contribution in [0.2, 0.25) is 0 Å². The minimum absolute atomic E-state index is 0.202. The Bertz CT molecular complexity index is 740. The summed E-state index contributed by atoms with van der Waals surface area (Å²) in [7, 11) is 0. The van der Waals surface area contributed by atoms with Gasteiger partial charge in [-0.3, -0.25) is 4.79 Å². The molecule has 6 heteroatoms. The quantitative estimate of drug-likeness (QED) is 0.767. The number of carbonyl (C=O) groups excluding carboxylic acids is 1. The van der Waals surface area contributed by atoms with Crippen LogP contribution in [0.3, 0.4) is 0 Å². The van der Waals surface area contributed by atoms with Crippen molar-refractivity contribution in [1.82, 2.24) is 19.9 Å². The third-order valence-corrected chi connectivity index (χ3v) is 5.17. The Balaban J connectivity index is 1.36. The molecule has 4 rings (SSSR count). The molecule has 0 saturated heterocycles. The maximum atomic E-state index is 12.7. The first-order chi connectivity index (χ1) is 12.8. The molecule has 26 heavy (non-hydrogen) atoms. The van der Waals surface area contributed by atoms with Gasteiger partial charge in [0.15, 0.2) is 0 Å². The van der Waals surface area contributed by atoms with Crippen molar-refractivity contribution in [2.45, 2.75) is 51.8 Å². The molecule has 0 atom stereocenters. The standard InChI is InChI=1S/C20H26N4O2/c25-20(10-9-16-5-2-1-3-6-16)23-11-4-12-24-19(13-23)18(21-22-24)15-26-14-17-7-8-17/h1-3,5-6,17H,4,7-15H2. The first-order valence-corrected chi connectivity index (χ1v) is 9.60. The van der Waals surface area contributed by atoms with Gasteiger partial charge in [-0.25, -0.2) is 4.68 Å². The third-order valence-electron chi connectivity index (χ3n) is 5.17. The lowest BCUT2D eigenvalue weighted by molar-refractivity contribution is -0.131. The van der Waals surface area contributed by atoms with Crippen LogP contribution in [0.15, 0.2) is 30.3 Å². The molecule has 1 aromatic heterocycles. The van der Waals surface area contributed by atoms with E-state index < -0.39 is 0 Å². The van der Waals surface area contributed by atoms with Crippen molar-refractivity contribution < 1.29 is 9.53 Å². The number of amides is 1. The number of aromatic nitrogens is 3. The SMILES string of the molecule is O=C(CCc1ccccc1)N1CCCn2nnc(COCC3CC3)c2C1. The zero-order valence-corrected chi connectivity index (χ0v) is 15.1. The molecule has 138 valence electrons. The van der Waals surface area contributed by atoms with Gasteiger partial charge >= 0.3 is 0 Å². The van der Waals surface area contributed by atoms with Crippen LogP contribution in [0.5, 0.6) is 0 Å². The van der Waals surface area contributed by atoms with Gasteiger partial charge in [0.1, 0.15) is 5.69 Å². The summed E-state index contributed by atoms with van der Waals surface area (Å²) in [5, 5.41) is 8.56. The normalized spacial score (nSPS) is 17.0. The molecule has 2 heterocycles. The lowest BCUT2D eigenvalue weighted by Gasteiger charge is -2.20. The summed E-state index contributed by atoms with van der Waals surface area (Å²) in [4.78, 5) is 14.7. The lowest BCUT2D eigenvalue weighted by Crippen LogP contribution is -2.31. The number of ether oxygens (including phenoxy) is 1. The molecule has 1 aromatic carbocycles. The van der Waals surface area contributed by atoms with Crippen molar-refractivity contribution in [3.05, 3.63) is 47.3 Å². The molecule has 2 aliphatic rings. The predicted molar refractivity (Wildman–Crippen MR) is 97.2 cm³/mol. The highest BCUT2D eigenvalue weighted by molar-refractivity contribution is 5.76. The monoisotopic (exact) mass is 354 g/mol. The van der Waals surface area contributed by atoms with Crippen molar-refractivity contribution in [2.75, 3.05) is 13.2 Å². The number of fused-ring (bicyclic) bond motifs is 1. The van der Waals surface area contributed by atoms with Crippen LogP contribution in [-0.4, -0.2) is 39.0 Å². The summed E-state index contributed by atoms with van der Waals surface area (Å²) >= 11 is 0. The topological polar surface area (TPSA) is 60.2 Å². The van der Waals surface area contributed by atoms with Gasteiger partial charge in [0, 0.05) is 26.1 Å². The van der Waals surface area contributed by atoms with E-state index in [0.717, 1.165) is 49.8 Å². The van der Waals surface area contributed by atoms with Gasteiger partial charge in [-0.15, -0.1) is 5.10 Å². The van der Waals surface area contributed by atoms with Crippen LogP contribution in [0, 0.1) is 5.92 Å². The van der Waals surface area contributed by atoms with Crippen LogP contribution >= 0.6 is 0 Å². The second-order valence-electron chi connectivity index (χ2n) is 7.32. The molecule has 1 aliphatic carbocycles. The lowest BCUT2D eigenvalue weighted by atomic mass is 10.1. The van der Waals surface area contributed by atoms with Gasteiger partial charge in [0.05, 0.1) is 18.8 Å². The second-order valence-corrected chi connectivity index (χ2v) is 7.32. The Morgan fingerprint density at radius 3 is 2.85 bits per heavy atom. The summed E-state index contributed by atoms with van der Waals surface area (Å²) in [5.41, 5.74) is 3.12. The molecule has 0 bridgehead atoms. The highest BCUT2D eigenvalue weighted by Gasteiger charge is 2.25. The zero-order chi connectivity index (χ0) is 17.8. The number of nitrogens with zero attached hydrogens (tertiary/aromatic N) is 4. The molecule has 0 N–H and O–H groups in total. The smallest absolute Gasteiger partial charge is 0.223 e. The fourth-order valence-corrected chi connectivity index (χ4v) is 3.38. The third kappa shape index (κ3) is 4.30. The van der Waals surface area contributed by atoms with Gasteiger partial charge in [0.2, 0.25) is 5.91 Å². The van der Waals surface area contributed by atoms with E-state index in [9.17, 15) is 4.79 Å². The number of aryl methyl sites for hydroxylation is 2. The van der Waals surface area contributed by atoms with Crippen molar-refractivity contribution in [3.63, 3.8) is 0 Å². The molecule has 6 nitrogen and oxygen atoms in total. The molecular formula is C20H26N4O2. The van der Waals surface area contributed by atoms with Crippen molar-refractivity contribution >= 4 is 5.91 Å². The van der Waals surface area contributed by atoms with E-state index in [1.165, 1.54) is 18.4 Å². The summed E-state index contributed by atoms with van der Waals surface area (Å²) in [6.45, 7) is 3.49. The maximum Gasteiger partial charge on any atom is 0.223 e. The van der Waals surface area contributed by atoms with Gasteiger partial charge in [-0.1, -0.05) is 35.5 Å². The van der Waals surface area contributed by atoms with Crippen LogP contribution in [0.4, 0.5) is 0 Å². The fourth-order valence-electron chi connectivity index (χ4n) is 3.38. The van der Waals surface area contributed by atoms with E-state index in [1.807, 2.05) is 27.8 Å². The summed E-state index contributed by atoms with van der Waals surface area (Å²) in [6.07, 6.45) is 4.80. The van der Waals surface area contributed by atoms with Crippen molar-refractivity contribution in [3.8, 4) is 0 Å². The second kappa shape index (κ2) is 7.99. The molecule has 1 saturated carbocycles. The molecule has 0 unspecified atom stereocenters. The van der Waals surface area contributed by atoms with E-state index in [1.54, 1.807) is 0 Å². The van der Waals surface area contributed by atoms with E-state index in [2.05, 4.69) is 22.4 Å². The minimum atomic E-state index is 0.202. The van der Waals surface area contributed by atoms with E-state index in [-0.39, 0.29) is 5.91 Å². The van der Waals surface area contributed by atoms with E-state index in [4.69, 9.17) is 4.74 Å². The molecule has 2 aromatic rings. The molecular weight excluding hydrogens is 328 g/mol. The number of hydrogen-bond donors (Lipinski definition) is 0. The van der Waals surface area contributed by atoms with Gasteiger partial charge in [-0.05, 0) is 37.2 Å². The summed E-state index contributed by atoms with van der Waals surface area (Å²) in [6, 6.07) is 10.2. The Kier molecular flexibility index (Phi) is 5.29. The largest absolute Gasteiger partial charge is 0.375 e. The number of benzene rings is 1. The minimum Gasteiger partial charge on any atom is -0.375 e. The number of carbonyl (C=O) groups is 1. The molecule has 1 fully saturated rings. The first kappa shape index (κ1) is 17.2. The maximum absolute atomic E-state index is 12.7. The van der Waals surface area contributed by atoms with Gasteiger partial charge in [0.25, 0.3) is 0 Å². The Morgan fingerprint density at radius 2 is 2.04 bits per heavy atom. The van der Waals surface area contributed by atoms with E-state index in [0.29, 0.717) is 19.6 Å². The van der Waals surface area contributed by atoms with Gasteiger partial charge in [-0.2, -0.15) is 0 Å².